The Bertz CT molecular complexity index is 379. The number of carbonyl (C=O) groups excluding carboxylic acids is 1. The Kier molecular flexibility index (Phi) is 7.10. The molecule has 0 unspecified atom stereocenters. The van der Waals surface area contributed by atoms with Gasteiger partial charge < -0.3 is 20.7 Å². The first-order chi connectivity index (χ1) is 9.15. The Labute approximate surface area is 114 Å². The summed E-state index contributed by atoms with van der Waals surface area (Å²) in [7, 11) is 3.65. The zero-order chi connectivity index (χ0) is 14.1. The van der Waals surface area contributed by atoms with Gasteiger partial charge in [-0.25, -0.2) is 0 Å². The second kappa shape index (κ2) is 8.63. The Morgan fingerprint density at radius 2 is 2.00 bits per heavy atom. The highest BCUT2D eigenvalue weighted by Crippen LogP contribution is 2.09. The Balaban J connectivity index is 2.30. The highest BCUT2D eigenvalue weighted by atomic mass is 16.5. The number of likely N-dealkylation sites (N-methyl/N-ethyl adjacent to an activating group) is 1. The molecule has 0 atom stereocenters. The first-order valence-corrected chi connectivity index (χ1v) is 6.42. The average Bonchev–Trinajstić information content (AvgIpc) is 2.43. The van der Waals surface area contributed by atoms with Gasteiger partial charge in [-0.1, -0.05) is 12.1 Å². The quantitative estimate of drug-likeness (QED) is 0.737. The molecule has 0 bridgehead atoms. The van der Waals surface area contributed by atoms with E-state index in [0.717, 1.165) is 24.3 Å². The van der Waals surface area contributed by atoms with Crippen molar-refractivity contribution in [3.05, 3.63) is 29.8 Å². The normalized spacial score (nSPS) is 10.7. The number of benzene rings is 1. The zero-order valence-electron chi connectivity index (χ0n) is 11.7. The number of rotatable bonds is 8. The van der Waals surface area contributed by atoms with Crippen molar-refractivity contribution >= 4 is 11.6 Å². The number of nitrogens with zero attached hydrogens (tertiary/aromatic N) is 1. The third-order valence-electron chi connectivity index (χ3n) is 2.87. The Morgan fingerprint density at radius 3 is 2.58 bits per heavy atom. The van der Waals surface area contributed by atoms with Gasteiger partial charge in [0.25, 0.3) is 0 Å². The summed E-state index contributed by atoms with van der Waals surface area (Å²) in [5.74, 6) is 0.0183. The van der Waals surface area contributed by atoms with Gasteiger partial charge in [0.2, 0.25) is 5.91 Å². The van der Waals surface area contributed by atoms with Gasteiger partial charge >= 0.3 is 0 Å². The fraction of sp³-hybridized carbons (Fsp3) is 0.500. The van der Waals surface area contributed by atoms with E-state index in [1.165, 1.54) is 0 Å². The van der Waals surface area contributed by atoms with E-state index in [1.54, 1.807) is 7.11 Å². The number of methoxy groups -OCH3 is 1. The molecule has 19 heavy (non-hydrogen) atoms. The first-order valence-electron chi connectivity index (χ1n) is 6.42. The molecule has 0 saturated carbocycles. The van der Waals surface area contributed by atoms with Crippen LogP contribution in [0.2, 0.25) is 0 Å². The summed E-state index contributed by atoms with van der Waals surface area (Å²) in [6.45, 7) is 2.74. The molecular formula is C14H23N3O2. The fourth-order valence-corrected chi connectivity index (χ4v) is 1.60. The average molecular weight is 265 g/mol. The molecule has 0 aliphatic rings. The van der Waals surface area contributed by atoms with Crippen molar-refractivity contribution in [1.82, 2.24) is 4.90 Å². The van der Waals surface area contributed by atoms with Crippen LogP contribution < -0.4 is 11.1 Å². The lowest BCUT2D eigenvalue weighted by molar-refractivity contribution is -0.116. The van der Waals surface area contributed by atoms with Gasteiger partial charge in [0.1, 0.15) is 0 Å². The van der Waals surface area contributed by atoms with Crippen molar-refractivity contribution in [1.29, 1.82) is 0 Å². The lowest BCUT2D eigenvalue weighted by Crippen LogP contribution is -2.27. The largest absolute Gasteiger partial charge is 0.383 e. The zero-order valence-corrected chi connectivity index (χ0v) is 11.7. The van der Waals surface area contributed by atoms with Crippen LogP contribution in [0.4, 0.5) is 5.69 Å². The predicted octanol–water partition coefficient (Wildman–Crippen LogP) is 1.05. The molecule has 5 nitrogen and oxygen atoms in total. The monoisotopic (exact) mass is 265 g/mol. The lowest BCUT2D eigenvalue weighted by atomic mass is 10.2. The Morgan fingerprint density at radius 1 is 1.32 bits per heavy atom. The van der Waals surface area contributed by atoms with Crippen LogP contribution in [0, 0.1) is 0 Å². The third kappa shape index (κ3) is 6.33. The topological polar surface area (TPSA) is 67.6 Å². The van der Waals surface area contributed by atoms with E-state index in [4.69, 9.17) is 10.5 Å². The molecular weight excluding hydrogens is 242 g/mol. The molecule has 0 saturated heterocycles. The number of nitrogens with two attached hydrogens (primary N) is 1. The van der Waals surface area contributed by atoms with Crippen molar-refractivity contribution in [2.75, 3.05) is 39.2 Å². The van der Waals surface area contributed by atoms with Crippen LogP contribution in [0.25, 0.3) is 0 Å². The predicted molar refractivity (Wildman–Crippen MR) is 77.0 cm³/mol. The molecule has 5 heteroatoms. The van der Waals surface area contributed by atoms with Crippen molar-refractivity contribution < 1.29 is 9.53 Å². The molecule has 106 valence electrons. The summed E-state index contributed by atoms with van der Waals surface area (Å²) in [4.78, 5) is 13.8. The fourth-order valence-electron chi connectivity index (χ4n) is 1.60. The molecule has 0 radical (unpaired) electrons. The van der Waals surface area contributed by atoms with E-state index >= 15 is 0 Å². The van der Waals surface area contributed by atoms with Crippen molar-refractivity contribution in [3.8, 4) is 0 Å². The second-order valence-corrected chi connectivity index (χ2v) is 4.50. The van der Waals surface area contributed by atoms with Crippen LogP contribution in [0.15, 0.2) is 24.3 Å². The molecule has 1 aromatic carbocycles. The van der Waals surface area contributed by atoms with Gasteiger partial charge in [0.05, 0.1) is 6.61 Å². The number of nitrogens with one attached hydrogen (secondary N) is 1. The Hall–Kier alpha value is -1.43. The van der Waals surface area contributed by atoms with Gasteiger partial charge in [0.15, 0.2) is 0 Å². The summed E-state index contributed by atoms with van der Waals surface area (Å²) < 4.78 is 4.98. The van der Waals surface area contributed by atoms with Gasteiger partial charge in [-0.2, -0.15) is 0 Å². The maximum atomic E-state index is 11.8. The SMILES string of the molecule is COCCN(C)CCC(=O)Nc1ccc(CN)cc1. The molecule has 0 aliphatic carbocycles. The maximum Gasteiger partial charge on any atom is 0.225 e. The van der Waals surface area contributed by atoms with Crippen LogP contribution in [-0.2, 0) is 16.1 Å². The van der Waals surface area contributed by atoms with E-state index < -0.39 is 0 Å². The van der Waals surface area contributed by atoms with E-state index in [-0.39, 0.29) is 5.91 Å². The molecule has 0 fully saturated rings. The number of ether oxygens (including phenoxy) is 1. The molecule has 1 rings (SSSR count). The number of amides is 1. The minimum absolute atomic E-state index is 0.0183. The van der Waals surface area contributed by atoms with E-state index in [9.17, 15) is 4.79 Å². The van der Waals surface area contributed by atoms with Crippen LogP contribution >= 0.6 is 0 Å². The maximum absolute atomic E-state index is 11.8. The van der Waals surface area contributed by atoms with Crippen LogP contribution in [0.5, 0.6) is 0 Å². The van der Waals surface area contributed by atoms with Crippen LogP contribution in [0.3, 0.4) is 0 Å². The molecule has 3 N–H and O–H groups in total. The highest BCUT2D eigenvalue weighted by molar-refractivity contribution is 5.90. The molecule has 1 aromatic rings. The van der Waals surface area contributed by atoms with Gasteiger partial charge in [-0.3, -0.25) is 4.79 Å². The number of anilines is 1. The van der Waals surface area contributed by atoms with Crippen molar-refractivity contribution in [2.24, 2.45) is 5.73 Å². The van der Waals surface area contributed by atoms with E-state index in [1.807, 2.05) is 31.3 Å². The summed E-state index contributed by atoms with van der Waals surface area (Å²) in [5.41, 5.74) is 7.38. The number of hydrogen-bond donors (Lipinski definition) is 2. The first kappa shape index (κ1) is 15.6. The van der Waals surface area contributed by atoms with E-state index in [2.05, 4.69) is 10.2 Å². The number of hydrogen-bond acceptors (Lipinski definition) is 4. The van der Waals surface area contributed by atoms with Crippen molar-refractivity contribution in [3.63, 3.8) is 0 Å². The third-order valence-corrected chi connectivity index (χ3v) is 2.87. The molecule has 0 heterocycles. The number of carbonyl (C=O) groups is 1. The van der Waals surface area contributed by atoms with Gasteiger partial charge in [0, 0.05) is 38.9 Å². The van der Waals surface area contributed by atoms with Gasteiger partial charge in [-0.15, -0.1) is 0 Å². The highest BCUT2D eigenvalue weighted by Gasteiger charge is 2.05. The summed E-state index contributed by atoms with van der Waals surface area (Å²) in [6, 6.07) is 7.57. The summed E-state index contributed by atoms with van der Waals surface area (Å²) in [6.07, 6.45) is 0.471. The lowest BCUT2D eigenvalue weighted by Gasteiger charge is -2.15. The summed E-state index contributed by atoms with van der Waals surface area (Å²) in [5, 5.41) is 2.87. The minimum Gasteiger partial charge on any atom is -0.383 e. The summed E-state index contributed by atoms with van der Waals surface area (Å²) >= 11 is 0. The molecule has 0 spiro atoms. The smallest absolute Gasteiger partial charge is 0.225 e. The minimum atomic E-state index is 0.0183. The molecule has 0 aliphatic heterocycles. The van der Waals surface area contributed by atoms with Crippen molar-refractivity contribution in [2.45, 2.75) is 13.0 Å². The standard InChI is InChI=1S/C14H23N3O2/c1-17(9-10-19-2)8-7-14(18)16-13-5-3-12(11-15)4-6-13/h3-6H,7-11,15H2,1-2H3,(H,16,18). The molecule has 0 aromatic heterocycles. The van der Waals surface area contributed by atoms with Crippen LogP contribution in [-0.4, -0.2) is 44.7 Å². The second-order valence-electron chi connectivity index (χ2n) is 4.50. The van der Waals surface area contributed by atoms with E-state index in [0.29, 0.717) is 19.6 Å². The van der Waals surface area contributed by atoms with Crippen LogP contribution in [0.1, 0.15) is 12.0 Å². The molecule has 1 amide bonds. The van der Waals surface area contributed by atoms with Gasteiger partial charge in [-0.05, 0) is 24.7 Å².